The maximum atomic E-state index is 6.17. The van der Waals surface area contributed by atoms with E-state index in [4.69, 9.17) is 5.73 Å². The molecule has 0 spiro atoms. The SMILES string of the molecule is CCC(C)CN(C)c1ccccc1C(N)CC. The van der Waals surface area contributed by atoms with E-state index in [9.17, 15) is 0 Å². The highest BCUT2D eigenvalue weighted by atomic mass is 15.1. The molecule has 2 atom stereocenters. The zero-order valence-corrected chi connectivity index (χ0v) is 11.6. The molecule has 0 aliphatic rings. The van der Waals surface area contributed by atoms with Crippen molar-refractivity contribution in [3.05, 3.63) is 29.8 Å². The summed E-state index contributed by atoms with van der Waals surface area (Å²) in [4.78, 5) is 2.33. The van der Waals surface area contributed by atoms with Gasteiger partial charge in [-0.3, -0.25) is 0 Å². The smallest absolute Gasteiger partial charge is 0.0412 e. The van der Waals surface area contributed by atoms with E-state index in [1.807, 2.05) is 0 Å². The van der Waals surface area contributed by atoms with Crippen LogP contribution in [0.15, 0.2) is 24.3 Å². The predicted octanol–water partition coefficient (Wildman–Crippen LogP) is 3.58. The third-order valence-corrected chi connectivity index (χ3v) is 3.47. The number of rotatable bonds is 6. The standard InChI is InChI=1S/C15H26N2/c1-5-12(3)11-17(4)15-10-8-7-9-13(15)14(16)6-2/h7-10,12,14H,5-6,11,16H2,1-4H3. The van der Waals surface area contributed by atoms with E-state index in [-0.39, 0.29) is 6.04 Å². The summed E-state index contributed by atoms with van der Waals surface area (Å²) in [6.45, 7) is 7.75. The molecule has 1 rings (SSSR count). The number of hydrogen-bond donors (Lipinski definition) is 1. The first-order valence-corrected chi connectivity index (χ1v) is 6.65. The highest BCUT2D eigenvalue weighted by molar-refractivity contribution is 5.54. The Morgan fingerprint density at radius 1 is 1.18 bits per heavy atom. The minimum atomic E-state index is 0.144. The van der Waals surface area contributed by atoms with E-state index in [0.717, 1.165) is 13.0 Å². The summed E-state index contributed by atoms with van der Waals surface area (Å²) in [7, 11) is 2.16. The Balaban J connectivity index is 2.88. The van der Waals surface area contributed by atoms with E-state index < -0.39 is 0 Å². The topological polar surface area (TPSA) is 29.3 Å². The van der Waals surface area contributed by atoms with Crippen LogP contribution in [0.1, 0.15) is 45.2 Å². The van der Waals surface area contributed by atoms with Crippen LogP contribution >= 0.6 is 0 Å². The highest BCUT2D eigenvalue weighted by Gasteiger charge is 2.13. The molecule has 96 valence electrons. The Morgan fingerprint density at radius 3 is 2.41 bits per heavy atom. The van der Waals surface area contributed by atoms with Crippen LogP contribution in [-0.4, -0.2) is 13.6 Å². The van der Waals surface area contributed by atoms with Gasteiger partial charge < -0.3 is 10.6 Å². The van der Waals surface area contributed by atoms with Gasteiger partial charge in [-0.2, -0.15) is 0 Å². The second-order valence-electron chi connectivity index (χ2n) is 4.97. The van der Waals surface area contributed by atoms with Gasteiger partial charge in [0.2, 0.25) is 0 Å². The molecule has 0 bridgehead atoms. The first-order valence-electron chi connectivity index (χ1n) is 6.65. The van der Waals surface area contributed by atoms with Gasteiger partial charge in [-0.1, -0.05) is 45.4 Å². The fraction of sp³-hybridized carbons (Fsp3) is 0.600. The molecule has 0 saturated carbocycles. The van der Waals surface area contributed by atoms with Crippen molar-refractivity contribution in [2.75, 3.05) is 18.5 Å². The molecule has 17 heavy (non-hydrogen) atoms. The zero-order valence-electron chi connectivity index (χ0n) is 11.6. The summed E-state index contributed by atoms with van der Waals surface area (Å²) < 4.78 is 0. The molecule has 2 unspecified atom stereocenters. The molecule has 0 aliphatic carbocycles. The fourth-order valence-electron chi connectivity index (χ4n) is 2.06. The molecule has 0 fully saturated rings. The number of para-hydroxylation sites is 1. The van der Waals surface area contributed by atoms with Gasteiger partial charge in [0, 0.05) is 25.3 Å². The van der Waals surface area contributed by atoms with E-state index in [1.165, 1.54) is 17.7 Å². The van der Waals surface area contributed by atoms with Crippen LogP contribution in [0.2, 0.25) is 0 Å². The van der Waals surface area contributed by atoms with Crippen molar-refractivity contribution >= 4 is 5.69 Å². The van der Waals surface area contributed by atoms with Gasteiger partial charge >= 0.3 is 0 Å². The summed E-state index contributed by atoms with van der Waals surface area (Å²) in [6, 6.07) is 8.63. The van der Waals surface area contributed by atoms with Crippen LogP contribution in [0.25, 0.3) is 0 Å². The van der Waals surface area contributed by atoms with Crippen molar-refractivity contribution in [3.63, 3.8) is 0 Å². The normalized spacial score (nSPS) is 14.4. The van der Waals surface area contributed by atoms with Crippen LogP contribution in [0.5, 0.6) is 0 Å². The van der Waals surface area contributed by atoms with Gasteiger partial charge in [0.15, 0.2) is 0 Å². The van der Waals surface area contributed by atoms with Gasteiger partial charge in [-0.15, -0.1) is 0 Å². The van der Waals surface area contributed by atoms with Crippen molar-refractivity contribution in [2.45, 2.75) is 39.7 Å². The second kappa shape index (κ2) is 6.65. The van der Waals surface area contributed by atoms with Crippen molar-refractivity contribution in [1.82, 2.24) is 0 Å². The molecule has 0 amide bonds. The first-order chi connectivity index (χ1) is 8.10. The Labute approximate surface area is 106 Å². The van der Waals surface area contributed by atoms with E-state index in [0.29, 0.717) is 5.92 Å². The third kappa shape index (κ3) is 3.74. The molecule has 1 aromatic rings. The van der Waals surface area contributed by atoms with E-state index >= 15 is 0 Å². The van der Waals surface area contributed by atoms with Gasteiger partial charge in [0.05, 0.1) is 0 Å². The van der Waals surface area contributed by atoms with Crippen molar-refractivity contribution < 1.29 is 0 Å². The highest BCUT2D eigenvalue weighted by Crippen LogP contribution is 2.26. The predicted molar refractivity (Wildman–Crippen MR) is 76.4 cm³/mol. The number of nitrogens with two attached hydrogens (primary N) is 1. The van der Waals surface area contributed by atoms with Crippen LogP contribution < -0.4 is 10.6 Å². The minimum absolute atomic E-state index is 0.144. The number of hydrogen-bond acceptors (Lipinski definition) is 2. The number of anilines is 1. The maximum Gasteiger partial charge on any atom is 0.0412 e. The van der Waals surface area contributed by atoms with Gasteiger partial charge in [0.25, 0.3) is 0 Å². The van der Waals surface area contributed by atoms with Crippen molar-refractivity contribution in [3.8, 4) is 0 Å². The number of nitrogens with zero attached hydrogens (tertiary/aromatic N) is 1. The van der Waals surface area contributed by atoms with Crippen molar-refractivity contribution in [1.29, 1.82) is 0 Å². The molecule has 0 radical (unpaired) electrons. The van der Waals surface area contributed by atoms with E-state index in [1.54, 1.807) is 0 Å². The van der Waals surface area contributed by atoms with Crippen LogP contribution in [0.4, 0.5) is 5.69 Å². The lowest BCUT2D eigenvalue weighted by Gasteiger charge is -2.27. The maximum absolute atomic E-state index is 6.17. The number of benzene rings is 1. The first kappa shape index (κ1) is 14.0. The average Bonchev–Trinajstić information content (AvgIpc) is 2.37. The Morgan fingerprint density at radius 2 is 1.82 bits per heavy atom. The van der Waals surface area contributed by atoms with Crippen LogP contribution in [0, 0.1) is 5.92 Å². The van der Waals surface area contributed by atoms with Crippen LogP contribution in [0.3, 0.4) is 0 Å². The molecular formula is C15H26N2. The van der Waals surface area contributed by atoms with Gasteiger partial charge in [0.1, 0.15) is 0 Å². The van der Waals surface area contributed by atoms with Gasteiger partial charge in [-0.25, -0.2) is 0 Å². The minimum Gasteiger partial charge on any atom is -0.374 e. The van der Waals surface area contributed by atoms with E-state index in [2.05, 4.69) is 57.0 Å². The summed E-state index contributed by atoms with van der Waals surface area (Å²) in [6.07, 6.45) is 2.19. The lowest BCUT2D eigenvalue weighted by Crippen LogP contribution is -2.26. The summed E-state index contributed by atoms with van der Waals surface area (Å²) in [5.41, 5.74) is 8.71. The molecule has 2 nitrogen and oxygen atoms in total. The molecule has 0 saturated heterocycles. The lowest BCUT2D eigenvalue weighted by atomic mass is 10.0. The summed E-state index contributed by atoms with van der Waals surface area (Å²) in [5.74, 6) is 0.714. The summed E-state index contributed by atoms with van der Waals surface area (Å²) >= 11 is 0. The average molecular weight is 234 g/mol. The molecule has 0 heterocycles. The molecule has 0 aliphatic heterocycles. The largest absolute Gasteiger partial charge is 0.374 e. The third-order valence-electron chi connectivity index (χ3n) is 3.47. The fourth-order valence-corrected chi connectivity index (χ4v) is 2.06. The Hall–Kier alpha value is -1.02. The molecule has 2 heteroatoms. The monoisotopic (exact) mass is 234 g/mol. The van der Waals surface area contributed by atoms with Crippen molar-refractivity contribution in [2.24, 2.45) is 11.7 Å². The van der Waals surface area contributed by atoms with Crippen LogP contribution in [-0.2, 0) is 0 Å². The zero-order chi connectivity index (χ0) is 12.8. The molecule has 2 N–H and O–H groups in total. The lowest BCUT2D eigenvalue weighted by molar-refractivity contribution is 0.557. The molecule has 1 aromatic carbocycles. The quantitative estimate of drug-likeness (QED) is 0.815. The summed E-state index contributed by atoms with van der Waals surface area (Å²) in [5, 5.41) is 0. The second-order valence-corrected chi connectivity index (χ2v) is 4.97. The molecule has 0 aromatic heterocycles. The van der Waals surface area contributed by atoms with Gasteiger partial charge in [-0.05, 0) is 24.0 Å². The Bertz CT molecular complexity index is 335. The Kier molecular flexibility index (Phi) is 5.49. The molecular weight excluding hydrogens is 208 g/mol.